The Labute approximate surface area is 216 Å². The SMILES string of the molecule is COc1ccc(-c2nc(C(=O)N3CCC(Cc4ccccn4)CC3)c(CN)o2)c2ccc(C(F)(F)F)nc12. The molecule has 4 aromatic rings. The number of aromatic nitrogens is 3. The number of piperidine rings is 1. The maximum Gasteiger partial charge on any atom is 0.433 e. The number of likely N-dealkylation sites (tertiary alicyclic amines) is 1. The normalized spacial score (nSPS) is 14.7. The highest BCUT2D eigenvalue weighted by atomic mass is 19.4. The van der Waals surface area contributed by atoms with E-state index in [2.05, 4.69) is 15.0 Å². The molecule has 38 heavy (non-hydrogen) atoms. The predicted octanol–water partition coefficient (Wildman–Crippen LogP) is 4.87. The number of rotatable bonds is 6. The molecule has 11 heteroatoms. The van der Waals surface area contributed by atoms with Gasteiger partial charge in [-0.25, -0.2) is 9.97 Å². The van der Waals surface area contributed by atoms with Gasteiger partial charge in [-0.3, -0.25) is 9.78 Å². The van der Waals surface area contributed by atoms with Crippen molar-refractivity contribution in [3.8, 4) is 17.2 Å². The number of nitrogens with zero attached hydrogens (tertiary/aromatic N) is 4. The zero-order valence-electron chi connectivity index (χ0n) is 20.7. The minimum atomic E-state index is -4.62. The Morgan fingerprint density at radius 1 is 1.13 bits per heavy atom. The summed E-state index contributed by atoms with van der Waals surface area (Å²) in [5, 5.41) is 0.344. The molecule has 0 unspecified atom stereocenters. The van der Waals surface area contributed by atoms with Gasteiger partial charge in [-0.05, 0) is 61.6 Å². The third kappa shape index (κ3) is 5.06. The van der Waals surface area contributed by atoms with E-state index in [4.69, 9.17) is 14.9 Å². The molecule has 4 heterocycles. The molecule has 3 aromatic heterocycles. The van der Waals surface area contributed by atoms with Crippen molar-refractivity contribution in [2.75, 3.05) is 20.2 Å². The van der Waals surface area contributed by atoms with Crippen LogP contribution in [0.1, 0.15) is 40.5 Å². The minimum Gasteiger partial charge on any atom is -0.494 e. The summed E-state index contributed by atoms with van der Waals surface area (Å²) in [6.45, 7) is 1.07. The lowest BCUT2D eigenvalue weighted by molar-refractivity contribution is -0.140. The fourth-order valence-electron chi connectivity index (χ4n) is 4.78. The van der Waals surface area contributed by atoms with Gasteiger partial charge in [0.05, 0.1) is 13.7 Å². The van der Waals surface area contributed by atoms with E-state index in [1.165, 1.54) is 19.2 Å². The van der Waals surface area contributed by atoms with Gasteiger partial charge in [0, 0.05) is 35.9 Å². The van der Waals surface area contributed by atoms with Gasteiger partial charge in [0.1, 0.15) is 17.0 Å². The molecule has 1 fully saturated rings. The largest absolute Gasteiger partial charge is 0.494 e. The van der Waals surface area contributed by atoms with E-state index in [1.807, 2.05) is 18.2 Å². The smallest absolute Gasteiger partial charge is 0.433 e. The van der Waals surface area contributed by atoms with Crippen molar-refractivity contribution in [2.24, 2.45) is 11.7 Å². The number of methoxy groups -OCH3 is 1. The number of amides is 1. The van der Waals surface area contributed by atoms with Gasteiger partial charge in [0.2, 0.25) is 5.89 Å². The van der Waals surface area contributed by atoms with Gasteiger partial charge < -0.3 is 19.8 Å². The zero-order chi connectivity index (χ0) is 26.9. The maximum absolute atomic E-state index is 13.4. The van der Waals surface area contributed by atoms with Crippen LogP contribution >= 0.6 is 0 Å². The summed E-state index contributed by atoms with van der Waals surface area (Å²) >= 11 is 0. The van der Waals surface area contributed by atoms with Crippen molar-refractivity contribution in [2.45, 2.75) is 32.0 Å². The van der Waals surface area contributed by atoms with Crippen molar-refractivity contribution in [3.05, 3.63) is 71.5 Å². The molecule has 1 amide bonds. The van der Waals surface area contributed by atoms with Crippen LogP contribution < -0.4 is 10.5 Å². The van der Waals surface area contributed by atoms with Gasteiger partial charge in [0.15, 0.2) is 11.5 Å². The molecular formula is C27H26F3N5O3. The van der Waals surface area contributed by atoms with Crippen molar-refractivity contribution in [3.63, 3.8) is 0 Å². The van der Waals surface area contributed by atoms with E-state index in [9.17, 15) is 18.0 Å². The first-order valence-corrected chi connectivity index (χ1v) is 12.2. The maximum atomic E-state index is 13.4. The Kier molecular flexibility index (Phi) is 7.02. The van der Waals surface area contributed by atoms with Crippen LogP contribution in [-0.4, -0.2) is 46.0 Å². The first kappa shape index (κ1) is 25.7. The summed E-state index contributed by atoms with van der Waals surface area (Å²) in [7, 11) is 1.35. The number of benzene rings is 1. The van der Waals surface area contributed by atoms with Crippen molar-refractivity contribution >= 4 is 16.8 Å². The lowest BCUT2D eigenvalue weighted by Gasteiger charge is -2.31. The fraction of sp³-hybridized carbons (Fsp3) is 0.333. The fourth-order valence-corrected chi connectivity index (χ4v) is 4.78. The molecule has 1 aliphatic rings. The zero-order valence-corrected chi connectivity index (χ0v) is 20.7. The minimum absolute atomic E-state index is 0.00942. The van der Waals surface area contributed by atoms with E-state index in [0.717, 1.165) is 31.0 Å². The van der Waals surface area contributed by atoms with Crippen LogP contribution in [0.2, 0.25) is 0 Å². The van der Waals surface area contributed by atoms with Crippen LogP contribution in [0.4, 0.5) is 13.2 Å². The van der Waals surface area contributed by atoms with E-state index >= 15 is 0 Å². The number of hydrogen-bond donors (Lipinski definition) is 1. The number of carbonyl (C=O) groups is 1. The molecule has 0 spiro atoms. The molecule has 1 aliphatic heterocycles. The van der Waals surface area contributed by atoms with Crippen LogP contribution in [0, 0.1) is 5.92 Å². The molecule has 0 bridgehead atoms. The van der Waals surface area contributed by atoms with Gasteiger partial charge in [0.25, 0.3) is 5.91 Å². The molecule has 2 N–H and O–H groups in total. The molecule has 198 valence electrons. The molecule has 1 aromatic carbocycles. The summed E-state index contributed by atoms with van der Waals surface area (Å²) in [5.74, 6) is 0.602. The quantitative estimate of drug-likeness (QED) is 0.383. The van der Waals surface area contributed by atoms with Crippen LogP contribution in [0.3, 0.4) is 0 Å². The number of oxazole rings is 1. The first-order valence-electron chi connectivity index (χ1n) is 12.2. The number of ether oxygens (including phenoxy) is 1. The molecule has 8 nitrogen and oxygen atoms in total. The van der Waals surface area contributed by atoms with E-state index in [1.54, 1.807) is 17.2 Å². The van der Waals surface area contributed by atoms with Crippen LogP contribution in [0.5, 0.6) is 5.75 Å². The number of pyridine rings is 2. The topological polar surface area (TPSA) is 107 Å². The summed E-state index contributed by atoms with van der Waals surface area (Å²) in [4.78, 5) is 27.7. The van der Waals surface area contributed by atoms with Crippen LogP contribution in [0.25, 0.3) is 22.4 Å². The van der Waals surface area contributed by atoms with Gasteiger partial charge in [-0.15, -0.1) is 0 Å². The molecule has 0 aliphatic carbocycles. The van der Waals surface area contributed by atoms with Crippen molar-refractivity contribution < 1.29 is 27.1 Å². The lowest BCUT2D eigenvalue weighted by Crippen LogP contribution is -2.39. The molecule has 0 saturated carbocycles. The predicted molar refractivity (Wildman–Crippen MR) is 133 cm³/mol. The van der Waals surface area contributed by atoms with Crippen molar-refractivity contribution in [1.29, 1.82) is 0 Å². The molecule has 0 atom stereocenters. The molecule has 0 radical (unpaired) electrons. The summed E-state index contributed by atoms with van der Waals surface area (Å²) in [6, 6.07) is 11.1. The van der Waals surface area contributed by atoms with E-state index in [0.29, 0.717) is 30.0 Å². The lowest BCUT2D eigenvalue weighted by atomic mass is 9.92. The number of alkyl halides is 3. The Morgan fingerprint density at radius 2 is 1.92 bits per heavy atom. The third-order valence-corrected chi connectivity index (χ3v) is 6.77. The van der Waals surface area contributed by atoms with Crippen LogP contribution in [0.15, 0.2) is 53.1 Å². The first-order chi connectivity index (χ1) is 18.3. The molecule has 1 saturated heterocycles. The second kappa shape index (κ2) is 10.4. The van der Waals surface area contributed by atoms with E-state index < -0.39 is 11.9 Å². The van der Waals surface area contributed by atoms with Gasteiger partial charge in [-0.2, -0.15) is 13.2 Å². The summed E-state index contributed by atoms with van der Waals surface area (Å²) in [5.41, 5.74) is 6.36. The highest BCUT2D eigenvalue weighted by Crippen LogP contribution is 2.37. The number of carbonyl (C=O) groups excluding carboxylic acids is 1. The summed E-state index contributed by atoms with van der Waals surface area (Å²) < 4.78 is 50.9. The number of halogens is 3. The highest BCUT2D eigenvalue weighted by Gasteiger charge is 2.33. The second-order valence-corrected chi connectivity index (χ2v) is 9.16. The van der Waals surface area contributed by atoms with E-state index in [-0.39, 0.29) is 41.1 Å². The molecular weight excluding hydrogens is 499 g/mol. The average Bonchev–Trinajstić information content (AvgIpc) is 3.36. The van der Waals surface area contributed by atoms with Gasteiger partial charge in [-0.1, -0.05) is 6.07 Å². The number of hydrogen-bond acceptors (Lipinski definition) is 7. The third-order valence-electron chi connectivity index (χ3n) is 6.77. The summed E-state index contributed by atoms with van der Waals surface area (Å²) in [6.07, 6.45) is -0.306. The highest BCUT2D eigenvalue weighted by molar-refractivity contribution is 5.98. The number of fused-ring (bicyclic) bond motifs is 1. The van der Waals surface area contributed by atoms with Gasteiger partial charge >= 0.3 is 6.18 Å². The number of nitrogens with two attached hydrogens (primary N) is 1. The Bertz CT molecular complexity index is 1450. The van der Waals surface area contributed by atoms with Crippen molar-refractivity contribution in [1.82, 2.24) is 19.9 Å². The standard InChI is InChI=1S/C27H26F3N5O3/c1-37-20-7-5-19(18-6-8-22(27(28,29)30)33-23(18)20)25-34-24(21(15-31)38-25)26(36)35-12-9-16(10-13-35)14-17-4-2-3-11-32-17/h2-8,11,16H,9-10,12-15,31H2,1H3. The Hall–Kier alpha value is -3.99. The Morgan fingerprint density at radius 3 is 2.58 bits per heavy atom. The Balaban J connectivity index is 1.40. The monoisotopic (exact) mass is 525 g/mol. The van der Waals surface area contributed by atoms with Crippen LogP contribution in [-0.2, 0) is 19.1 Å². The second-order valence-electron chi connectivity index (χ2n) is 9.16. The molecule has 5 rings (SSSR count). The average molecular weight is 526 g/mol.